The number of thioether (sulfide) groups is 1. The topological polar surface area (TPSA) is 104 Å². The molecule has 0 saturated heterocycles. The van der Waals surface area contributed by atoms with Crippen molar-refractivity contribution < 1.29 is 14.7 Å². The second kappa shape index (κ2) is 9.68. The molecule has 0 aromatic heterocycles. The van der Waals surface area contributed by atoms with Crippen LogP contribution in [-0.2, 0) is 4.79 Å². The molecule has 0 heterocycles. The molecule has 5 N–H and O–H groups in total. The highest BCUT2D eigenvalue weighted by molar-refractivity contribution is 7.99. The lowest BCUT2D eigenvalue weighted by Crippen LogP contribution is -2.52. The molecule has 122 valence electrons. The first-order valence-corrected chi connectivity index (χ1v) is 8.36. The van der Waals surface area contributed by atoms with Crippen LogP contribution in [0.5, 0.6) is 0 Å². The summed E-state index contributed by atoms with van der Waals surface area (Å²) in [6.45, 7) is 2.02. The Balaban J connectivity index is 2.45. The zero-order valence-corrected chi connectivity index (χ0v) is 13.8. The molecular formula is C14H20ClN3O3S. The fraction of sp³-hybridized carbons (Fsp3) is 0.429. The van der Waals surface area contributed by atoms with Gasteiger partial charge in [0.05, 0.1) is 10.6 Å². The molecule has 6 nitrogen and oxygen atoms in total. The van der Waals surface area contributed by atoms with Crippen molar-refractivity contribution in [3.05, 3.63) is 34.9 Å². The first-order valence-electron chi connectivity index (χ1n) is 6.83. The summed E-state index contributed by atoms with van der Waals surface area (Å²) in [5.74, 6) is 0.382. The molecule has 1 unspecified atom stereocenters. The predicted octanol–water partition coefficient (Wildman–Crippen LogP) is 0.932. The van der Waals surface area contributed by atoms with E-state index in [1.165, 1.54) is 6.07 Å². The van der Waals surface area contributed by atoms with E-state index in [2.05, 4.69) is 10.9 Å². The summed E-state index contributed by atoms with van der Waals surface area (Å²) in [7, 11) is 0. The maximum Gasteiger partial charge on any atom is 0.271 e. The first kappa shape index (κ1) is 18.8. The Labute approximate surface area is 138 Å². The fourth-order valence-electron chi connectivity index (χ4n) is 1.62. The van der Waals surface area contributed by atoms with Gasteiger partial charge in [-0.25, -0.2) is 0 Å². The standard InChI is InChI=1S/C14H20ClN3O3S/c1-2-22-8-7-11(16)12(19)14(21)18-17-13(20)9-5-3-4-6-10(9)15/h3-6,11-12,19H,2,7-8,16H2,1H3,(H,17,20)(H,18,21)/t11-,12?/m1/s1. The van der Waals surface area contributed by atoms with E-state index < -0.39 is 24.0 Å². The van der Waals surface area contributed by atoms with Crippen molar-refractivity contribution >= 4 is 35.2 Å². The van der Waals surface area contributed by atoms with Crippen molar-refractivity contribution in [2.24, 2.45) is 5.73 Å². The van der Waals surface area contributed by atoms with Gasteiger partial charge in [-0.05, 0) is 30.1 Å². The van der Waals surface area contributed by atoms with E-state index in [-0.39, 0.29) is 10.6 Å². The molecular weight excluding hydrogens is 326 g/mol. The number of hydrogen-bond acceptors (Lipinski definition) is 5. The lowest BCUT2D eigenvalue weighted by atomic mass is 10.1. The van der Waals surface area contributed by atoms with Crippen molar-refractivity contribution in [2.45, 2.75) is 25.5 Å². The normalized spacial score (nSPS) is 13.3. The van der Waals surface area contributed by atoms with Crippen LogP contribution in [0.3, 0.4) is 0 Å². The monoisotopic (exact) mass is 345 g/mol. The van der Waals surface area contributed by atoms with Gasteiger partial charge in [0.25, 0.3) is 11.8 Å². The molecule has 2 atom stereocenters. The summed E-state index contributed by atoms with van der Waals surface area (Å²) in [6, 6.07) is 5.74. The van der Waals surface area contributed by atoms with Gasteiger partial charge in [-0.1, -0.05) is 30.7 Å². The van der Waals surface area contributed by atoms with Crippen LogP contribution < -0.4 is 16.6 Å². The van der Waals surface area contributed by atoms with Gasteiger partial charge in [0.2, 0.25) is 0 Å². The maximum atomic E-state index is 11.8. The average molecular weight is 346 g/mol. The minimum Gasteiger partial charge on any atom is -0.382 e. The zero-order valence-electron chi connectivity index (χ0n) is 12.2. The third-order valence-corrected chi connectivity index (χ3v) is 4.15. The summed E-state index contributed by atoms with van der Waals surface area (Å²) in [5, 5.41) is 10.1. The summed E-state index contributed by atoms with van der Waals surface area (Å²) in [6.07, 6.45) is -0.880. The molecule has 1 aromatic carbocycles. The Morgan fingerprint density at radius 1 is 1.36 bits per heavy atom. The Kier molecular flexibility index (Phi) is 8.26. The largest absolute Gasteiger partial charge is 0.382 e. The molecule has 22 heavy (non-hydrogen) atoms. The van der Waals surface area contributed by atoms with Gasteiger partial charge in [-0.15, -0.1) is 0 Å². The Morgan fingerprint density at radius 3 is 2.68 bits per heavy atom. The second-order valence-corrected chi connectivity index (χ2v) is 6.32. The summed E-state index contributed by atoms with van der Waals surface area (Å²) in [5.41, 5.74) is 10.3. The van der Waals surface area contributed by atoms with Crippen molar-refractivity contribution in [3.8, 4) is 0 Å². The number of benzene rings is 1. The minimum atomic E-state index is -1.39. The van der Waals surface area contributed by atoms with Gasteiger partial charge in [0.1, 0.15) is 6.10 Å². The van der Waals surface area contributed by atoms with Crippen molar-refractivity contribution in [3.63, 3.8) is 0 Å². The van der Waals surface area contributed by atoms with E-state index in [1.807, 2.05) is 6.92 Å². The van der Waals surface area contributed by atoms with Crippen LogP contribution in [0.2, 0.25) is 5.02 Å². The number of hydrazine groups is 1. The van der Waals surface area contributed by atoms with Crippen LogP contribution in [0.1, 0.15) is 23.7 Å². The van der Waals surface area contributed by atoms with Gasteiger partial charge in [0, 0.05) is 6.04 Å². The zero-order chi connectivity index (χ0) is 16.5. The molecule has 0 saturated carbocycles. The van der Waals surface area contributed by atoms with E-state index >= 15 is 0 Å². The molecule has 1 aromatic rings. The van der Waals surface area contributed by atoms with Gasteiger partial charge in [-0.3, -0.25) is 20.4 Å². The Hall–Kier alpha value is -1.28. The summed E-state index contributed by atoms with van der Waals surface area (Å²) >= 11 is 7.55. The molecule has 0 aliphatic rings. The van der Waals surface area contributed by atoms with Crippen LogP contribution in [0, 0.1) is 0 Å². The number of carbonyl (C=O) groups excluding carboxylic acids is 2. The first-order chi connectivity index (χ1) is 10.5. The van der Waals surface area contributed by atoms with E-state index in [1.54, 1.807) is 30.0 Å². The molecule has 0 aliphatic heterocycles. The molecule has 0 radical (unpaired) electrons. The Morgan fingerprint density at radius 2 is 2.05 bits per heavy atom. The highest BCUT2D eigenvalue weighted by atomic mass is 35.5. The summed E-state index contributed by atoms with van der Waals surface area (Å²) < 4.78 is 0. The second-order valence-electron chi connectivity index (χ2n) is 4.52. The lowest BCUT2D eigenvalue weighted by Gasteiger charge is -2.18. The molecule has 2 amide bonds. The van der Waals surface area contributed by atoms with Crippen molar-refractivity contribution in [1.82, 2.24) is 10.9 Å². The SMILES string of the molecule is CCSCC[C@@H](N)C(O)C(=O)NNC(=O)c1ccccc1Cl. The molecule has 0 fully saturated rings. The maximum absolute atomic E-state index is 11.8. The third kappa shape index (κ3) is 5.84. The number of carbonyl (C=O) groups is 2. The smallest absolute Gasteiger partial charge is 0.271 e. The third-order valence-electron chi connectivity index (χ3n) is 2.89. The van der Waals surface area contributed by atoms with Gasteiger partial charge in [0.15, 0.2) is 0 Å². The number of aliphatic hydroxyl groups is 1. The lowest BCUT2D eigenvalue weighted by molar-refractivity contribution is -0.131. The van der Waals surface area contributed by atoms with E-state index in [0.29, 0.717) is 6.42 Å². The number of amides is 2. The molecule has 0 bridgehead atoms. The quantitative estimate of drug-likeness (QED) is 0.435. The molecule has 1 rings (SSSR count). The van der Waals surface area contributed by atoms with Crippen LogP contribution in [0.4, 0.5) is 0 Å². The number of nitrogens with one attached hydrogen (secondary N) is 2. The predicted molar refractivity (Wildman–Crippen MR) is 88.7 cm³/mol. The van der Waals surface area contributed by atoms with E-state index in [0.717, 1.165) is 11.5 Å². The molecule has 0 spiro atoms. The van der Waals surface area contributed by atoms with Gasteiger partial charge >= 0.3 is 0 Å². The van der Waals surface area contributed by atoms with E-state index in [9.17, 15) is 14.7 Å². The summed E-state index contributed by atoms with van der Waals surface area (Å²) in [4.78, 5) is 23.6. The minimum absolute atomic E-state index is 0.225. The van der Waals surface area contributed by atoms with Crippen molar-refractivity contribution in [2.75, 3.05) is 11.5 Å². The molecule has 8 heteroatoms. The average Bonchev–Trinajstić information content (AvgIpc) is 2.52. The number of halogens is 1. The number of aliphatic hydroxyl groups excluding tert-OH is 1. The fourth-order valence-corrected chi connectivity index (χ4v) is 2.57. The van der Waals surface area contributed by atoms with Crippen molar-refractivity contribution in [1.29, 1.82) is 0 Å². The van der Waals surface area contributed by atoms with Gasteiger partial charge < -0.3 is 10.8 Å². The Bertz CT molecular complexity index is 516. The highest BCUT2D eigenvalue weighted by Gasteiger charge is 2.23. The molecule has 0 aliphatic carbocycles. The number of rotatable bonds is 7. The van der Waals surface area contributed by atoms with Crippen LogP contribution in [-0.4, -0.2) is 40.6 Å². The van der Waals surface area contributed by atoms with E-state index in [4.69, 9.17) is 17.3 Å². The highest BCUT2D eigenvalue weighted by Crippen LogP contribution is 2.14. The van der Waals surface area contributed by atoms with Gasteiger partial charge in [-0.2, -0.15) is 11.8 Å². The number of hydrogen-bond donors (Lipinski definition) is 4. The van der Waals surface area contributed by atoms with Crippen LogP contribution >= 0.6 is 23.4 Å². The number of nitrogens with two attached hydrogens (primary N) is 1. The van der Waals surface area contributed by atoms with Crippen LogP contribution in [0.15, 0.2) is 24.3 Å². The van der Waals surface area contributed by atoms with Crippen LogP contribution in [0.25, 0.3) is 0 Å².